The highest BCUT2D eigenvalue weighted by Gasteiger charge is 2.33. The topological polar surface area (TPSA) is 47.0 Å². The first-order valence-electron chi connectivity index (χ1n) is 6.68. The van der Waals surface area contributed by atoms with Gasteiger partial charge in [0.15, 0.2) is 0 Å². The highest BCUT2D eigenvalue weighted by Crippen LogP contribution is 2.36. The van der Waals surface area contributed by atoms with Gasteiger partial charge in [-0.2, -0.15) is 0 Å². The Balaban J connectivity index is 2.27. The zero-order chi connectivity index (χ0) is 13.2. The molecule has 0 spiro atoms. The summed E-state index contributed by atoms with van der Waals surface area (Å²) in [7, 11) is 0. The Kier molecular flexibility index (Phi) is 4.35. The molecule has 1 saturated heterocycles. The second kappa shape index (κ2) is 5.63. The van der Waals surface area contributed by atoms with Crippen LogP contribution in [-0.4, -0.2) is 29.3 Å². The number of hydrogen-bond donors (Lipinski definition) is 1. The molecule has 102 valence electrons. The number of hydrogen-bond acceptors (Lipinski definition) is 5. The summed E-state index contributed by atoms with van der Waals surface area (Å²) < 4.78 is 9.71. The molecule has 1 aromatic heterocycles. The molecule has 0 bridgehead atoms. The Morgan fingerprint density at radius 1 is 1.50 bits per heavy atom. The SMILES string of the molecule is CCNC(c1snnc1C(C)(C)C)C1CCOC1. The Labute approximate surface area is 113 Å². The van der Waals surface area contributed by atoms with Gasteiger partial charge in [-0.25, -0.2) is 0 Å². The average molecular weight is 269 g/mol. The number of rotatable bonds is 4. The van der Waals surface area contributed by atoms with E-state index >= 15 is 0 Å². The van der Waals surface area contributed by atoms with Crippen LogP contribution in [0.4, 0.5) is 0 Å². The maximum absolute atomic E-state index is 5.53. The van der Waals surface area contributed by atoms with Crippen LogP contribution in [0.2, 0.25) is 0 Å². The van der Waals surface area contributed by atoms with E-state index in [1.807, 2.05) is 0 Å². The molecule has 1 aromatic rings. The summed E-state index contributed by atoms with van der Waals surface area (Å²) in [4.78, 5) is 1.29. The molecular formula is C13H23N3OS. The summed E-state index contributed by atoms with van der Waals surface area (Å²) in [5.74, 6) is 0.549. The van der Waals surface area contributed by atoms with Gasteiger partial charge in [0.1, 0.15) is 0 Å². The molecule has 0 aliphatic carbocycles. The second-order valence-electron chi connectivity index (χ2n) is 5.89. The third-order valence-electron chi connectivity index (χ3n) is 3.37. The molecule has 1 aliphatic rings. The highest BCUT2D eigenvalue weighted by molar-refractivity contribution is 7.05. The first kappa shape index (κ1) is 13.9. The van der Waals surface area contributed by atoms with Gasteiger partial charge in [-0.15, -0.1) is 5.10 Å². The Morgan fingerprint density at radius 2 is 2.28 bits per heavy atom. The summed E-state index contributed by atoms with van der Waals surface area (Å²) in [6.45, 7) is 11.4. The van der Waals surface area contributed by atoms with Gasteiger partial charge in [0.05, 0.1) is 23.2 Å². The summed E-state index contributed by atoms with van der Waals surface area (Å²) in [6, 6.07) is 0.340. The van der Waals surface area contributed by atoms with Crippen molar-refractivity contribution in [2.24, 2.45) is 5.92 Å². The fraction of sp³-hybridized carbons (Fsp3) is 0.846. The van der Waals surface area contributed by atoms with Crippen LogP contribution in [0.3, 0.4) is 0 Å². The van der Waals surface area contributed by atoms with Gasteiger partial charge in [-0.1, -0.05) is 32.2 Å². The van der Waals surface area contributed by atoms with E-state index in [1.54, 1.807) is 0 Å². The van der Waals surface area contributed by atoms with Crippen LogP contribution in [-0.2, 0) is 10.2 Å². The zero-order valence-electron chi connectivity index (χ0n) is 11.7. The highest BCUT2D eigenvalue weighted by atomic mass is 32.1. The van der Waals surface area contributed by atoms with E-state index in [2.05, 4.69) is 42.6 Å². The third-order valence-corrected chi connectivity index (χ3v) is 4.17. The van der Waals surface area contributed by atoms with E-state index in [-0.39, 0.29) is 5.41 Å². The first-order valence-corrected chi connectivity index (χ1v) is 7.45. The molecule has 18 heavy (non-hydrogen) atoms. The first-order chi connectivity index (χ1) is 8.54. The van der Waals surface area contributed by atoms with Gasteiger partial charge in [-0.3, -0.25) is 0 Å². The van der Waals surface area contributed by atoms with Crippen LogP contribution in [0, 0.1) is 5.92 Å². The van der Waals surface area contributed by atoms with Crippen LogP contribution in [0.15, 0.2) is 0 Å². The molecule has 2 atom stereocenters. The van der Waals surface area contributed by atoms with Gasteiger partial charge in [0.2, 0.25) is 0 Å². The van der Waals surface area contributed by atoms with Crippen molar-refractivity contribution in [2.45, 2.75) is 45.6 Å². The Hall–Kier alpha value is -0.520. The predicted octanol–water partition coefficient (Wildman–Crippen LogP) is 2.52. The van der Waals surface area contributed by atoms with E-state index in [0.717, 1.165) is 31.9 Å². The summed E-state index contributed by atoms with van der Waals surface area (Å²) >= 11 is 1.53. The van der Waals surface area contributed by atoms with Crippen molar-refractivity contribution in [2.75, 3.05) is 19.8 Å². The van der Waals surface area contributed by atoms with Crippen LogP contribution >= 0.6 is 11.5 Å². The van der Waals surface area contributed by atoms with Crippen molar-refractivity contribution >= 4 is 11.5 Å². The monoisotopic (exact) mass is 269 g/mol. The number of ether oxygens (including phenoxy) is 1. The molecule has 0 saturated carbocycles. The molecule has 1 fully saturated rings. The summed E-state index contributed by atoms with van der Waals surface area (Å²) in [6.07, 6.45) is 1.12. The number of nitrogens with one attached hydrogen (secondary N) is 1. The molecule has 2 unspecified atom stereocenters. The van der Waals surface area contributed by atoms with Crippen molar-refractivity contribution in [3.05, 3.63) is 10.6 Å². The smallest absolute Gasteiger partial charge is 0.0857 e. The molecule has 1 aliphatic heterocycles. The lowest BCUT2D eigenvalue weighted by Gasteiger charge is -2.25. The maximum atomic E-state index is 5.53. The van der Waals surface area contributed by atoms with E-state index < -0.39 is 0 Å². The van der Waals surface area contributed by atoms with E-state index in [1.165, 1.54) is 16.4 Å². The lowest BCUT2D eigenvalue weighted by Crippen LogP contribution is -2.30. The Morgan fingerprint density at radius 3 is 2.83 bits per heavy atom. The van der Waals surface area contributed by atoms with Gasteiger partial charge in [0, 0.05) is 17.9 Å². The third kappa shape index (κ3) is 2.90. The molecule has 0 radical (unpaired) electrons. The standard InChI is InChI=1S/C13H23N3OS/c1-5-14-10(9-6-7-17-8-9)11-12(13(2,3)4)15-16-18-11/h9-10,14H,5-8H2,1-4H3. The maximum Gasteiger partial charge on any atom is 0.0857 e. The lowest BCUT2D eigenvalue weighted by atomic mass is 9.87. The fourth-order valence-electron chi connectivity index (χ4n) is 2.43. The molecule has 4 nitrogen and oxygen atoms in total. The Bertz CT molecular complexity index is 380. The van der Waals surface area contributed by atoms with E-state index in [9.17, 15) is 0 Å². The molecule has 0 amide bonds. The molecule has 2 rings (SSSR count). The van der Waals surface area contributed by atoms with Crippen molar-refractivity contribution in [1.82, 2.24) is 14.9 Å². The summed E-state index contributed by atoms with van der Waals surface area (Å²) in [5, 5.41) is 7.94. The van der Waals surface area contributed by atoms with Crippen LogP contribution in [0.1, 0.15) is 50.7 Å². The average Bonchev–Trinajstić information content (AvgIpc) is 2.96. The molecule has 5 heteroatoms. The zero-order valence-corrected chi connectivity index (χ0v) is 12.5. The number of nitrogens with zero attached hydrogens (tertiary/aromatic N) is 2. The minimum atomic E-state index is 0.0511. The summed E-state index contributed by atoms with van der Waals surface area (Å²) in [5.41, 5.74) is 1.18. The van der Waals surface area contributed by atoms with Gasteiger partial charge >= 0.3 is 0 Å². The minimum absolute atomic E-state index is 0.0511. The number of aromatic nitrogens is 2. The minimum Gasteiger partial charge on any atom is -0.381 e. The van der Waals surface area contributed by atoms with E-state index in [4.69, 9.17) is 4.74 Å². The van der Waals surface area contributed by atoms with Crippen LogP contribution in [0.5, 0.6) is 0 Å². The van der Waals surface area contributed by atoms with Gasteiger partial charge in [0.25, 0.3) is 0 Å². The van der Waals surface area contributed by atoms with Crippen molar-refractivity contribution in [3.8, 4) is 0 Å². The molecule has 0 aromatic carbocycles. The quantitative estimate of drug-likeness (QED) is 0.912. The van der Waals surface area contributed by atoms with Gasteiger partial charge in [-0.05, 0) is 24.5 Å². The molecule has 1 N–H and O–H groups in total. The van der Waals surface area contributed by atoms with E-state index in [0.29, 0.717) is 12.0 Å². The predicted molar refractivity (Wildman–Crippen MR) is 74.0 cm³/mol. The largest absolute Gasteiger partial charge is 0.381 e. The van der Waals surface area contributed by atoms with Crippen molar-refractivity contribution in [1.29, 1.82) is 0 Å². The normalized spacial score (nSPS) is 22.3. The van der Waals surface area contributed by atoms with Crippen molar-refractivity contribution in [3.63, 3.8) is 0 Å². The van der Waals surface area contributed by atoms with Crippen LogP contribution < -0.4 is 5.32 Å². The fourth-order valence-corrected chi connectivity index (χ4v) is 3.46. The molecular weight excluding hydrogens is 246 g/mol. The van der Waals surface area contributed by atoms with Crippen molar-refractivity contribution < 1.29 is 4.74 Å². The van der Waals surface area contributed by atoms with Crippen LogP contribution in [0.25, 0.3) is 0 Å². The lowest BCUT2D eigenvalue weighted by molar-refractivity contribution is 0.177. The molecule has 2 heterocycles. The second-order valence-corrected chi connectivity index (χ2v) is 6.68. The van der Waals surface area contributed by atoms with Gasteiger partial charge < -0.3 is 10.1 Å².